The van der Waals surface area contributed by atoms with Gasteiger partial charge in [0.25, 0.3) is 15.9 Å². The molecule has 23 heavy (non-hydrogen) atoms. The fourth-order valence-corrected chi connectivity index (χ4v) is 2.72. The lowest BCUT2D eigenvalue weighted by Gasteiger charge is -2.08. The van der Waals surface area contributed by atoms with Crippen molar-refractivity contribution in [3.63, 3.8) is 0 Å². The minimum atomic E-state index is -3.87. The monoisotopic (exact) mass is 339 g/mol. The van der Waals surface area contributed by atoms with Gasteiger partial charge in [0, 0.05) is 6.54 Å². The lowest BCUT2D eigenvalue weighted by atomic mass is 10.3. The number of pyridine rings is 1. The number of aliphatic hydroxyl groups excluding tert-OH is 1. The Hall–Kier alpha value is -2.52. The van der Waals surface area contributed by atoms with Crippen LogP contribution in [0.1, 0.15) is 10.5 Å². The largest absolute Gasteiger partial charge is 0.395 e. The molecule has 0 saturated heterocycles. The molecule has 0 aliphatic rings. The Balaban J connectivity index is 2.11. The summed E-state index contributed by atoms with van der Waals surface area (Å²) in [5, 5.41) is 11.0. The van der Waals surface area contributed by atoms with E-state index in [-0.39, 0.29) is 29.4 Å². The van der Waals surface area contributed by atoms with Crippen molar-refractivity contribution in [1.82, 2.24) is 10.3 Å². The highest BCUT2D eigenvalue weighted by atomic mass is 32.2. The average Bonchev–Trinajstić information content (AvgIpc) is 2.53. The predicted octanol–water partition coefficient (Wildman–Crippen LogP) is 0.744. The van der Waals surface area contributed by atoms with Gasteiger partial charge in [0.1, 0.15) is 11.5 Å². The van der Waals surface area contributed by atoms with E-state index in [4.69, 9.17) is 5.11 Å². The second kappa shape index (κ2) is 7.16. The fourth-order valence-electron chi connectivity index (χ4n) is 1.68. The molecule has 0 aliphatic carbocycles. The topological polar surface area (TPSA) is 108 Å². The number of rotatable bonds is 6. The van der Waals surface area contributed by atoms with Crippen LogP contribution in [-0.4, -0.2) is 37.6 Å². The van der Waals surface area contributed by atoms with Crippen LogP contribution >= 0.6 is 0 Å². The van der Waals surface area contributed by atoms with E-state index in [1.807, 2.05) is 0 Å². The molecule has 0 bridgehead atoms. The molecule has 3 N–H and O–H groups in total. The van der Waals surface area contributed by atoms with Crippen LogP contribution in [0.15, 0.2) is 47.5 Å². The van der Waals surface area contributed by atoms with E-state index in [0.29, 0.717) is 0 Å². The number of carbonyl (C=O) groups excluding carboxylic acids is 1. The van der Waals surface area contributed by atoms with Crippen LogP contribution in [0.25, 0.3) is 0 Å². The van der Waals surface area contributed by atoms with Crippen LogP contribution in [0.3, 0.4) is 0 Å². The van der Waals surface area contributed by atoms with Gasteiger partial charge in [-0.25, -0.2) is 17.8 Å². The second-order valence-corrected chi connectivity index (χ2v) is 6.15. The zero-order chi connectivity index (χ0) is 16.9. The van der Waals surface area contributed by atoms with Crippen LogP contribution in [0.4, 0.5) is 10.1 Å². The van der Waals surface area contributed by atoms with Crippen molar-refractivity contribution in [2.75, 3.05) is 17.9 Å². The van der Waals surface area contributed by atoms with Crippen molar-refractivity contribution >= 4 is 21.6 Å². The summed E-state index contributed by atoms with van der Waals surface area (Å²) >= 11 is 0. The smallest absolute Gasteiger partial charge is 0.269 e. The summed E-state index contributed by atoms with van der Waals surface area (Å²) in [6, 6.07) is 7.09. The van der Waals surface area contributed by atoms with Crippen LogP contribution in [-0.2, 0) is 10.0 Å². The van der Waals surface area contributed by atoms with Crippen molar-refractivity contribution in [2.24, 2.45) is 0 Å². The first kappa shape index (κ1) is 16.8. The first-order chi connectivity index (χ1) is 10.9. The van der Waals surface area contributed by atoms with Gasteiger partial charge in [0.15, 0.2) is 0 Å². The Kier molecular flexibility index (Phi) is 5.24. The molecule has 0 saturated carbocycles. The van der Waals surface area contributed by atoms with E-state index in [1.165, 1.54) is 18.3 Å². The molecule has 0 atom stereocenters. The van der Waals surface area contributed by atoms with Gasteiger partial charge < -0.3 is 10.4 Å². The van der Waals surface area contributed by atoms with Gasteiger partial charge in [0.2, 0.25) is 0 Å². The summed E-state index contributed by atoms with van der Waals surface area (Å²) in [5.74, 6) is -1.02. The van der Waals surface area contributed by atoms with Crippen molar-refractivity contribution in [2.45, 2.75) is 4.90 Å². The first-order valence-corrected chi connectivity index (χ1v) is 8.04. The van der Waals surface area contributed by atoms with E-state index in [2.05, 4.69) is 15.0 Å². The second-order valence-electron chi connectivity index (χ2n) is 4.47. The number of sulfonamides is 1. The first-order valence-electron chi connectivity index (χ1n) is 6.56. The van der Waals surface area contributed by atoms with Crippen LogP contribution in [0.5, 0.6) is 0 Å². The molecule has 2 aromatic rings. The molecular formula is C14H14FN3O4S. The van der Waals surface area contributed by atoms with Crippen molar-refractivity contribution < 1.29 is 22.7 Å². The highest BCUT2D eigenvalue weighted by Crippen LogP contribution is 2.15. The molecule has 7 nitrogen and oxygen atoms in total. The minimum absolute atomic E-state index is 0.0863. The SMILES string of the molecule is O=C(NCCO)c1ccc(NS(=O)(=O)c2ccc(F)cc2)cn1. The maximum Gasteiger partial charge on any atom is 0.269 e. The summed E-state index contributed by atoms with van der Waals surface area (Å²) in [5.41, 5.74) is 0.246. The summed E-state index contributed by atoms with van der Waals surface area (Å²) in [4.78, 5) is 15.3. The average molecular weight is 339 g/mol. The van der Waals surface area contributed by atoms with Crippen molar-refractivity contribution in [1.29, 1.82) is 0 Å². The van der Waals surface area contributed by atoms with Crippen LogP contribution in [0.2, 0.25) is 0 Å². The number of nitrogens with zero attached hydrogens (tertiary/aromatic N) is 1. The van der Waals surface area contributed by atoms with E-state index in [1.54, 1.807) is 0 Å². The molecule has 2 rings (SSSR count). The van der Waals surface area contributed by atoms with Gasteiger partial charge in [-0.1, -0.05) is 0 Å². The Bertz CT molecular complexity index is 777. The van der Waals surface area contributed by atoms with E-state index in [9.17, 15) is 17.6 Å². The molecule has 1 aromatic carbocycles. The van der Waals surface area contributed by atoms with E-state index < -0.39 is 21.7 Å². The molecule has 0 fully saturated rings. The number of aliphatic hydroxyl groups is 1. The van der Waals surface area contributed by atoms with Gasteiger partial charge in [-0.3, -0.25) is 9.52 Å². The van der Waals surface area contributed by atoms with Gasteiger partial charge >= 0.3 is 0 Å². The van der Waals surface area contributed by atoms with E-state index in [0.717, 1.165) is 24.3 Å². The third-order valence-electron chi connectivity index (χ3n) is 2.77. The van der Waals surface area contributed by atoms with Crippen LogP contribution in [0, 0.1) is 5.82 Å². The third kappa shape index (κ3) is 4.47. The molecule has 1 aromatic heterocycles. The number of amides is 1. The number of benzene rings is 1. The summed E-state index contributed by atoms with van der Waals surface area (Å²) in [7, 11) is -3.87. The number of aromatic nitrogens is 1. The Morgan fingerprint density at radius 2 is 1.87 bits per heavy atom. The van der Waals surface area contributed by atoms with Gasteiger partial charge in [-0.2, -0.15) is 0 Å². The summed E-state index contributed by atoms with van der Waals surface area (Å²) < 4.78 is 39.3. The highest BCUT2D eigenvalue weighted by molar-refractivity contribution is 7.92. The predicted molar refractivity (Wildman–Crippen MR) is 80.9 cm³/mol. The lowest BCUT2D eigenvalue weighted by Crippen LogP contribution is -2.27. The number of hydrogen-bond donors (Lipinski definition) is 3. The maximum absolute atomic E-state index is 12.8. The normalized spacial score (nSPS) is 11.0. The molecule has 1 heterocycles. The maximum atomic E-state index is 12.8. The summed E-state index contributed by atoms with van der Waals surface area (Å²) in [6.07, 6.45) is 1.19. The van der Waals surface area contributed by atoms with Gasteiger partial charge in [-0.15, -0.1) is 0 Å². The molecular weight excluding hydrogens is 325 g/mol. The molecule has 0 radical (unpaired) electrons. The minimum Gasteiger partial charge on any atom is -0.395 e. The lowest BCUT2D eigenvalue weighted by molar-refractivity contribution is 0.0940. The number of anilines is 1. The molecule has 122 valence electrons. The zero-order valence-electron chi connectivity index (χ0n) is 11.9. The molecule has 9 heteroatoms. The van der Waals surface area contributed by atoms with Crippen molar-refractivity contribution in [3.8, 4) is 0 Å². The number of carbonyl (C=O) groups is 1. The number of nitrogens with one attached hydrogen (secondary N) is 2. The molecule has 1 amide bonds. The van der Waals surface area contributed by atoms with Gasteiger partial charge in [-0.05, 0) is 36.4 Å². The van der Waals surface area contributed by atoms with Crippen LogP contribution < -0.4 is 10.0 Å². The van der Waals surface area contributed by atoms with Crippen molar-refractivity contribution in [3.05, 3.63) is 54.1 Å². The third-order valence-corrected chi connectivity index (χ3v) is 4.17. The number of hydrogen-bond acceptors (Lipinski definition) is 5. The Labute approximate surface area is 132 Å². The standard InChI is InChI=1S/C14H14FN3O4S/c15-10-1-4-12(5-2-10)23(21,22)18-11-3-6-13(17-9-11)14(20)16-7-8-19/h1-6,9,18-19H,7-8H2,(H,16,20). The number of halogens is 1. The molecule has 0 aliphatic heterocycles. The Morgan fingerprint density at radius 1 is 1.17 bits per heavy atom. The molecule has 0 unspecified atom stereocenters. The molecule has 0 spiro atoms. The highest BCUT2D eigenvalue weighted by Gasteiger charge is 2.15. The van der Waals surface area contributed by atoms with E-state index >= 15 is 0 Å². The zero-order valence-corrected chi connectivity index (χ0v) is 12.7. The fraction of sp³-hybridized carbons (Fsp3) is 0.143. The Morgan fingerprint density at radius 3 is 2.43 bits per heavy atom. The quantitative estimate of drug-likeness (QED) is 0.719. The summed E-state index contributed by atoms with van der Waals surface area (Å²) in [6.45, 7) is -0.0965. The van der Waals surface area contributed by atoms with Gasteiger partial charge in [0.05, 0.1) is 23.4 Å².